The van der Waals surface area contributed by atoms with Crippen LogP contribution in [0.1, 0.15) is 43.5 Å². The molecule has 35 heavy (non-hydrogen) atoms. The molecule has 2 amide bonds. The number of hydrogen-bond donors (Lipinski definition) is 2. The molecular formula is C25H32ClN3O5S. The van der Waals surface area contributed by atoms with Crippen molar-refractivity contribution in [1.29, 1.82) is 0 Å². The molecule has 0 spiro atoms. The van der Waals surface area contributed by atoms with Gasteiger partial charge in [-0.3, -0.25) is 9.59 Å². The zero-order chi connectivity index (χ0) is 25.6. The maximum atomic E-state index is 13.1. The van der Waals surface area contributed by atoms with E-state index in [4.69, 9.17) is 16.3 Å². The number of amides is 2. The van der Waals surface area contributed by atoms with Crippen LogP contribution in [0, 0.1) is 5.92 Å². The molecule has 1 aliphatic rings. The van der Waals surface area contributed by atoms with E-state index in [0.717, 1.165) is 6.42 Å². The maximum Gasteiger partial charge on any atom is 0.251 e. The number of ether oxygens (including phenoxy) is 1. The van der Waals surface area contributed by atoms with E-state index in [-0.39, 0.29) is 41.8 Å². The summed E-state index contributed by atoms with van der Waals surface area (Å²) >= 11 is 5.89. The Kier molecular flexibility index (Phi) is 9.15. The van der Waals surface area contributed by atoms with E-state index < -0.39 is 16.1 Å². The lowest BCUT2D eigenvalue weighted by Gasteiger charge is -2.35. The molecule has 1 saturated heterocycles. The molecule has 1 heterocycles. The molecule has 10 heteroatoms. The molecule has 1 fully saturated rings. The van der Waals surface area contributed by atoms with Gasteiger partial charge in [-0.15, -0.1) is 0 Å². The number of halogens is 1. The molecule has 3 rings (SSSR count). The maximum absolute atomic E-state index is 13.1. The first-order chi connectivity index (χ1) is 16.6. The number of benzene rings is 2. The van der Waals surface area contributed by atoms with Crippen molar-refractivity contribution in [2.45, 2.75) is 50.1 Å². The normalized spacial score (nSPS) is 16.8. The number of rotatable bonds is 9. The highest BCUT2D eigenvalue weighted by Crippen LogP contribution is 2.27. The molecule has 190 valence electrons. The molecule has 2 atom stereocenters. The number of carbonyl (C=O) groups is 2. The Morgan fingerprint density at radius 2 is 1.66 bits per heavy atom. The summed E-state index contributed by atoms with van der Waals surface area (Å²) in [5.41, 5.74) is 0.412. The summed E-state index contributed by atoms with van der Waals surface area (Å²) in [6.45, 7) is 4.37. The fraction of sp³-hybridized carbons (Fsp3) is 0.440. The van der Waals surface area contributed by atoms with Crippen molar-refractivity contribution in [3.8, 4) is 5.75 Å². The van der Waals surface area contributed by atoms with E-state index in [0.29, 0.717) is 29.2 Å². The lowest BCUT2D eigenvalue weighted by molar-refractivity contribution is -0.125. The molecule has 0 aromatic heterocycles. The highest BCUT2D eigenvalue weighted by molar-refractivity contribution is 7.89. The fourth-order valence-corrected chi connectivity index (χ4v) is 5.60. The summed E-state index contributed by atoms with van der Waals surface area (Å²) in [5, 5.41) is 6.31. The van der Waals surface area contributed by atoms with Gasteiger partial charge in [-0.1, -0.05) is 18.5 Å². The molecule has 0 bridgehead atoms. The minimum absolute atomic E-state index is 0.0479. The standard InChI is InChI=1S/C25H32ClN3O5S/c1-4-17(2)27-25(31)23(28-24(30)19-5-9-21(34-3)10-6-19)18-13-15-29(16-14-18)35(32,33)22-11-7-20(26)8-12-22/h5-12,17-18,23H,4,13-16H2,1-3H3,(H,27,31)(H,28,30). The van der Waals surface area contributed by atoms with Gasteiger partial charge in [0.05, 0.1) is 12.0 Å². The van der Waals surface area contributed by atoms with Gasteiger partial charge in [0.15, 0.2) is 0 Å². The van der Waals surface area contributed by atoms with Crippen LogP contribution < -0.4 is 15.4 Å². The highest BCUT2D eigenvalue weighted by Gasteiger charge is 2.36. The van der Waals surface area contributed by atoms with Crippen LogP contribution >= 0.6 is 11.6 Å². The molecule has 1 aliphatic heterocycles. The van der Waals surface area contributed by atoms with Crippen molar-refractivity contribution in [3.63, 3.8) is 0 Å². The number of carbonyl (C=O) groups excluding carboxylic acids is 2. The van der Waals surface area contributed by atoms with Crippen molar-refractivity contribution in [1.82, 2.24) is 14.9 Å². The van der Waals surface area contributed by atoms with E-state index in [9.17, 15) is 18.0 Å². The molecule has 0 saturated carbocycles. The largest absolute Gasteiger partial charge is 0.497 e. The predicted molar refractivity (Wildman–Crippen MR) is 135 cm³/mol. The summed E-state index contributed by atoms with van der Waals surface area (Å²) in [7, 11) is -2.12. The summed E-state index contributed by atoms with van der Waals surface area (Å²) in [4.78, 5) is 26.2. The third-order valence-corrected chi connectivity index (χ3v) is 8.51. The molecule has 2 aromatic carbocycles. The molecular weight excluding hydrogens is 490 g/mol. The van der Waals surface area contributed by atoms with E-state index in [1.165, 1.54) is 16.4 Å². The van der Waals surface area contributed by atoms with Gasteiger partial charge in [0.1, 0.15) is 11.8 Å². The van der Waals surface area contributed by atoms with Crippen molar-refractivity contribution in [3.05, 3.63) is 59.1 Å². The second-order valence-electron chi connectivity index (χ2n) is 8.69. The number of piperidine rings is 1. The molecule has 2 aromatic rings. The third-order valence-electron chi connectivity index (χ3n) is 6.34. The first-order valence-electron chi connectivity index (χ1n) is 11.7. The van der Waals surface area contributed by atoms with Crippen LogP contribution in [0.25, 0.3) is 0 Å². The van der Waals surface area contributed by atoms with Gasteiger partial charge in [0.2, 0.25) is 15.9 Å². The Morgan fingerprint density at radius 1 is 1.06 bits per heavy atom. The second-order valence-corrected chi connectivity index (χ2v) is 11.1. The Hall–Kier alpha value is -2.62. The minimum atomic E-state index is -3.67. The van der Waals surface area contributed by atoms with Crippen molar-refractivity contribution in [2.75, 3.05) is 20.2 Å². The number of sulfonamides is 1. The SMILES string of the molecule is CCC(C)NC(=O)C(NC(=O)c1ccc(OC)cc1)C1CCN(S(=O)(=O)c2ccc(Cl)cc2)CC1. The van der Waals surface area contributed by atoms with Crippen LogP contribution in [-0.4, -0.2) is 56.8 Å². The van der Waals surface area contributed by atoms with Gasteiger partial charge < -0.3 is 15.4 Å². The quantitative estimate of drug-likeness (QED) is 0.526. The van der Waals surface area contributed by atoms with Gasteiger partial charge >= 0.3 is 0 Å². The average Bonchev–Trinajstić information content (AvgIpc) is 2.87. The van der Waals surface area contributed by atoms with Crippen LogP contribution in [0.15, 0.2) is 53.4 Å². The first-order valence-corrected chi connectivity index (χ1v) is 13.5. The highest BCUT2D eigenvalue weighted by atomic mass is 35.5. The molecule has 0 aliphatic carbocycles. The van der Waals surface area contributed by atoms with Gasteiger partial charge in [0, 0.05) is 29.7 Å². The second kappa shape index (κ2) is 11.9. The van der Waals surface area contributed by atoms with Crippen molar-refractivity contribution in [2.24, 2.45) is 5.92 Å². The topological polar surface area (TPSA) is 105 Å². The predicted octanol–water partition coefficient (Wildman–Crippen LogP) is 3.46. The van der Waals surface area contributed by atoms with E-state index in [1.807, 2.05) is 13.8 Å². The number of nitrogens with one attached hydrogen (secondary N) is 2. The van der Waals surface area contributed by atoms with Crippen LogP contribution in [0.5, 0.6) is 5.75 Å². The van der Waals surface area contributed by atoms with E-state index in [2.05, 4.69) is 10.6 Å². The number of nitrogens with zero attached hydrogens (tertiary/aromatic N) is 1. The molecule has 2 unspecified atom stereocenters. The Morgan fingerprint density at radius 3 is 2.20 bits per heavy atom. The van der Waals surface area contributed by atoms with Crippen LogP contribution in [0.4, 0.5) is 0 Å². The number of hydrogen-bond acceptors (Lipinski definition) is 5. The lowest BCUT2D eigenvalue weighted by Crippen LogP contribution is -2.55. The van der Waals surface area contributed by atoms with Gasteiger partial charge in [-0.25, -0.2) is 8.42 Å². The van der Waals surface area contributed by atoms with Crippen molar-refractivity contribution < 1.29 is 22.7 Å². The zero-order valence-electron chi connectivity index (χ0n) is 20.2. The van der Waals surface area contributed by atoms with Crippen LogP contribution in [0.3, 0.4) is 0 Å². The average molecular weight is 522 g/mol. The zero-order valence-corrected chi connectivity index (χ0v) is 21.7. The van der Waals surface area contributed by atoms with E-state index >= 15 is 0 Å². The summed E-state index contributed by atoms with van der Waals surface area (Å²) < 4.78 is 32.6. The van der Waals surface area contributed by atoms with Crippen LogP contribution in [0.2, 0.25) is 5.02 Å². The molecule has 8 nitrogen and oxygen atoms in total. The van der Waals surface area contributed by atoms with Gasteiger partial charge in [-0.05, 0) is 80.6 Å². The first kappa shape index (κ1) is 27.0. The van der Waals surface area contributed by atoms with Gasteiger partial charge in [0.25, 0.3) is 5.91 Å². The number of methoxy groups -OCH3 is 1. The summed E-state index contributed by atoms with van der Waals surface area (Å²) in [6, 6.07) is 11.9. The Labute approximate surface area is 212 Å². The Balaban J connectivity index is 1.73. The molecule has 0 radical (unpaired) electrons. The smallest absolute Gasteiger partial charge is 0.251 e. The monoisotopic (exact) mass is 521 g/mol. The summed E-state index contributed by atoms with van der Waals surface area (Å²) in [6.07, 6.45) is 1.63. The molecule has 2 N–H and O–H groups in total. The Bertz CT molecular complexity index is 1110. The lowest BCUT2D eigenvalue weighted by atomic mass is 9.89. The minimum Gasteiger partial charge on any atom is -0.497 e. The van der Waals surface area contributed by atoms with Crippen LogP contribution in [-0.2, 0) is 14.8 Å². The fourth-order valence-electron chi connectivity index (χ4n) is 4.00. The van der Waals surface area contributed by atoms with Crippen molar-refractivity contribution >= 4 is 33.4 Å². The van der Waals surface area contributed by atoms with Gasteiger partial charge in [-0.2, -0.15) is 4.31 Å². The third kappa shape index (κ3) is 6.74. The van der Waals surface area contributed by atoms with E-state index in [1.54, 1.807) is 43.5 Å². The summed E-state index contributed by atoms with van der Waals surface area (Å²) in [5.74, 6) is -0.215.